The molecule has 0 aliphatic rings. The van der Waals surface area contributed by atoms with E-state index in [0.29, 0.717) is 29.6 Å². The third kappa shape index (κ3) is 4.03. The highest BCUT2D eigenvalue weighted by Crippen LogP contribution is 2.29. The van der Waals surface area contributed by atoms with Crippen molar-refractivity contribution in [2.45, 2.75) is 0 Å². The maximum atomic E-state index is 11.4. The summed E-state index contributed by atoms with van der Waals surface area (Å²) < 4.78 is 10.2. The minimum atomic E-state index is -0.308. The lowest BCUT2D eigenvalue weighted by atomic mass is 10.3. The summed E-state index contributed by atoms with van der Waals surface area (Å²) in [6.07, 6.45) is 0. The number of nitrogens with one attached hydrogen (secondary N) is 2. The van der Waals surface area contributed by atoms with Gasteiger partial charge in [-0.1, -0.05) is 0 Å². The van der Waals surface area contributed by atoms with Crippen molar-refractivity contribution in [3.63, 3.8) is 0 Å². The minimum Gasteiger partial charge on any atom is -0.493 e. The predicted octanol–water partition coefficient (Wildman–Crippen LogP) is 2.06. The Morgan fingerprint density at radius 2 is 2.00 bits per heavy atom. The van der Waals surface area contributed by atoms with Gasteiger partial charge in [-0.3, -0.25) is 0 Å². The number of alkyl halides is 1. The summed E-state index contributed by atoms with van der Waals surface area (Å²) in [6, 6.07) is 4.81. The van der Waals surface area contributed by atoms with Gasteiger partial charge in [-0.2, -0.15) is 0 Å². The van der Waals surface area contributed by atoms with Crippen LogP contribution in [0.4, 0.5) is 10.5 Å². The summed E-state index contributed by atoms with van der Waals surface area (Å²) in [5, 5.41) is 5.25. The molecule has 1 aromatic carbocycles. The van der Waals surface area contributed by atoms with Gasteiger partial charge in [-0.15, -0.1) is 11.6 Å². The van der Waals surface area contributed by atoms with Crippen molar-refractivity contribution < 1.29 is 14.3 Å². The highest BCUT2D eigenvalue weighted by Gasteiger charge is 2.06. The van der Waals surface area contributed by atoms with Crippen molar-refractivity contribution in [3.8, 4) is 11.5 Å². The SMILES string of the molecule is COc1ccc(NC(=O)NCCCl)cc1OC. The van der Waals surface area contributed by atoms with Gasteiger partial charge in [-0.05, 0) is 12.1 Å². The molecule has 1 rings (SSSR count). The second-order valence-corrected chi connectivity index (χ2v) is 3.52. The molecule has 0 aliphatic heterocycles. The van der Waals surface area contributed by atoms with E-state index in [0.717, 1.165) is 0 Å². The normalized spacial score (nSPS) is 9.59. The van der Waals surface area contributed by atoms with E-state index >= 15 is 0 Å². The molecule has 0 aliphatic carbocycles. The molecule has 0 unspecified atom stereocenters. The lowest BCUT2D eigenvalue weighted by Crippen LogP contribution is -2.30. The number of carbonyl (C=O) groups is 1. The molecular weight excluding hydrogens is 244 g/mol. The number of benzene rings is 1. The van der Waals surface area contributed by atoms with Gasteiger partial charge in [0.05, 0.1) is 14.2 Å². The molecule has 0 fully saturated rings. The van der Waals surface area contributed by atoms with Crippen LogP contribution in [-0.2, 0) is 0 Å². The molecular formula is C11H15ClN2O3. The lowest BCUT2D eigenvalue weighted by molar-refractivity contribution is 0.252. The Hall–Kier alpha value is -1.62. The molecule has 1 aromatic rings. The van der Waals surface area contributed by atoms with Gasteiger partial charge < -0.3 is 20.1 Å². The molecule has 17 heavy (non-hydrogen) atoms. The molecule has 6 heteroatoms. The number of hydrogen-bond acceptors (Lipinski definition) is 3. The number of urea groups is 1. The van der Waals surface area contributed by atoms with Crippen molar-refractivity contribution in [1.82, 2.24) is 5.32 Å². The molecule has 0 bridgehead atoms. The molecule has 0 spiro atoms. The fourth-order valence-corrected chi connectivity index (χ4v) is 1.34. The first-order valence-electron chi connectivity index (χ1n) is 5.04. The zero-order chi connectivity index (χ0) is 12.7. The fraction of sp³-hybridized carbons (Fsp3) is 0.364. The molecule has 0 saturated heterocycles. The Morgan fingerprint density at radius 1 is 1.29 bits per heavy atom. The molecule has 0 aromatic heterocycles. The number of halogens is 1. The van der Waals surface area contributed by atoms with Gasteiger partial charge in [-0.25, -0.2) is 4.79 Å². The van der Waals surface area contributed by atoms with Crippen LogP contribution >= 0.6 is 11.6 Å². The van der Waals surface area contributed by atoms with Gasteiger partial charge in [0.15, 0.2) is 11.5 Å². The highest BCUT2D eigenvalue weighted by atomic mass is 35.5. The molecule has 2 N–H and O–H groups in total. The van der Waals surface area contributed by atoms with Crippen LogP contribution in [0.25, 0.3) is 0 Å². The number of carbonyl (C=O) groups excluding carboxylic acids is 1. The quantitative estimate of drug-likeness (QED) is 0.795. The number of methoxy groups -OCH3 is 2. The van der Waals surface area contributed by atoms with Crippen LogP contribution in [-0.4, -0.2) is 32.7 Å². The summed E-state index contributed by atoms with van der Waals surface area (Å²) in [6.45, 7) is 0.417. The molecule has 0 saturated carbocycles. The van der Waals surface area contributed by atoms with Crippen LogP contribution in [0.15, 0.2) is 18.2 Å². The molecule has 0 radical (unpaired) electrons. The Labute approximate surface area is 105 Å². The largest absolute Gasteiger partial charge is 0.493 e. The highest BCUT2D eigenvalue weighted by molar-refractivity contribution is 6.18. The second-order valence-electron chi connectivity index (χ2n) is 3.14. The minimum absolute atomic E-state index is 0.308. The third-order valence-corrected chi connectivity index (χ3v) is 2.21. The summed E-state index contributed by atoms with van der Waals surface area (Å²) in [5.74, 6) is 1.54. The monoisotopic (exact) mass is 258 g/mol. The molecule has 0 atom stereocenters. The number of amides is 2. The molecule has 2 amide bonds. The standard InChI is InChI=1S/C11H15ClN2O3/c1-16-9-4-3-8(7-10(9)17-2)14-11(15)13-6-5-12/h3-4,7H,5-6H2,1-2H3,(H2,13,14,15). The average Bonchev–Trinajstić information content (AvgIpc) is 2.36. The number of anilines is 1. The van der Waals surface area contributed by atoms with Crippen molar-refractivity contribution >= 4 is 23.3 Å². The van der Waals surface area contributed by atoms with E-state index in [1.807, 2.05) is 0 Å². The third-order valence-electron chi connectivity index (χ3n) is 2.02. The predicted molar refractivity (Wildman–Crippen MR) is 67.3 cm³/mol. The zero-order valence-corrected chi connectivity index (χ0v) is 10.5. The lowest BCUT2D eigenvalue weighted by Gasteiger charge is -2.10. The van der Waals surface area contributed by atoms with E-state index in [-0.39, 0.29) is 6.03 Å². The van der Waals surface area contributed by atoms with Crippen molar-refractivity contribution in [3.05, 3.63) is 18.2 Å². The Bertz CT molecular complexity index is 385. The Kier molecular flexibility index (Phi) is 5.42. The van der Waals surface area contributed by atoms with Crippen molar-refractivity contribution in [2.75, 3.05) is 32.0 Å². The van der Waals surface area contributed by atoms with E-state index in [1.54, 1.807) is 25.3 Å². The summed E-state index contributed by atoms with van der Waals surface area (Å²) in [4.78, 5) is 11.4. The molecule has 0 heterocycles. The smallest absolute Gasteiger partial charge is 0.319 e. The zero-order valence-electron chi connectivity index (χ0n) is 9.75. The summed E-state index contributed by atoms with van der Waals surface area (Å²) in [7, 11) is 3.09. The Balaban J connectivity index is 2.68. The van der Waals surface area contributed by atoms with E-state index in [2.05, 4.69) is 10.6 Å². The van der Waals surface area contributed by atoms with E-state index in [4.69, 9.17) is 21.1 Å². The van der Waals surface area contributed by atoms with Crippen LogP contribution in [0.1, 0.15) is 0 Å². The fourth-order valence-electron chi connectivity index (χ4n) is 1.25. The van der Waals surface area contributed by atoms with Gasteiger partial charge in [0, 0.05) is 24.2 Å². The van der Waals surface area contributed by atoms with Crippen LogP contribution in [0, 0.1) is 0 Å². The van der Waals surface area contributed by atoms with E-state index < -0.39 is 0 Å². The topological polar surface area (TPSA) is 59.6 Å². The summed E-state index contributed by atoms with van der Waals surface area (Å²) >= 11 is 5.46. The van der Waals surface area contributed by atoms with E-state index in [1.165, 1.54) is 7.11 Å². The number of hydrogen-bond donors (Lipinski definition) is 2. The Morgan fingerprint density at radius 3 is 2.59 bits per heavy atom. The molecule has 94 valence electrons. The first-order chi connectivity index (χ1) is 8.21. The van der Waals surface area contributed by atoms with Crippen LogP contribution in [0.3, 0.4) is 0 Å². The van der Waals surface area contributed by atoms with Crippen LogP contribution in [0.2, 0.25) is 0 Å². The maximum absolute atomic E-state index is 11.4. The van der Waals surface area contributed by atoms with Gasteiger partial charge in [0.2, 0.25) is 0 Å². The van der Waals surface area contributed by atoms with Gasteiger partial charge in [0.25, 0.3) is 0 Å². The second kappa shape index (κ2) is 6.85. The first kappa shape index (κ1) is 13.4. The average molecular weight is 259 g/mol. The van der Waals surface area contributed by atoms with Crippen LogP contribution < -0.4 is 20.1 Å². The number of ether oxygens (including phenoxy) is 2. The maximum Gasteiger partial charge on any atom is 0.319 e. The van der Waals surface area contributed by atoms with Gasteiger partial charge >= 0.3 is 6.03 Å². The van der Waals surface area contributed by atoms with E-state index in [9.17, 15) is 4.79 Å². The van der Waals surface area contributed by atoms with Crippen molar-refractivity contribution in [1.29, 1.82) is 0 Å². The van der Waals surface area contributed by atoms with Crippen LogP contribution in [0.5, 0.6) is 11.5 Å². The summed E-state index contributed by atoms with van der Waals surface area (Å²) in [5.41, 5.74) is 0.620. The number of rotatable bonds is 5. The van der Waals surface area contributed by atoms with Gasteiger partial charge in [0.1, 0.15) is 0 Å². The van der Waals surface area contributed by atoms with Crippen molar-refractivity contribution in [2.24, 2.45) is 0 Å². The molecule has 5 nitrogen and oxygen atoms in total. The first-order valence-corrected chi connectivity index (χ1v) is 5.57.